The van der Waals surface area contributed by atoms with Gasteiger partial charge in [-0.3, -0.25) is 9.69 Å². The van der Waals surface area contributed by atoms with Crippen molar-refractivity contribution in [2.45, 2.75) is 19.0 Å². The molecule has 1 unspecified atom stereocenters. The largest absolute Gasteiger partial charge is 0.350 e. The summed E-state index contributed by atoms with van der Waals surface area (Å²) in [4.78, 5) is 15.0. The third-order valence-electron chi connectivity index (χ3n) is 5.16. The van der Waals surface area contributed by atoms with Crippen LogP contribution in [0.25, 0.3) is 0 Å². The molecule has 1 aliphatic rings. The second kappa shape index (κ2) is 8.43. The summed E-state index contributed by atoms with van der Waals surface area (Å²) in [5, 5.41) is 7.29. The zero-order valence-electron chi connectivity index (χ0n) is 15.2. The Bertz CT molecular complexity index is 976. The second-order valence-corrected chi connectivity index (χ2v) is 8.08. The first-order valence-electron chi connectivity index (χ1n) is 9.18. The van der Waals surface area contributed by atoms with E-state index in [4.69, 9.17) is 11.6 Å². The molecule has 0 spiro atoms. The number of nitrogens with one attached hydrogen (secondary N) is 1. The molecule has 4 rings (SSSR count). The SMILES string of the molecule is O=C(NCC(c1ccsc1)N1CCc2ccccc2C1)c1ccc(F)cc1Cl. The van der Waals surface area contributed by atoms with Crippen LogP contribution in [-0.4, -0.2) is 23.9 Å². The minimum absolute atomic E-state index is 0.0720. The van der Waals surface area contributed by atoms with Crippen molar-refractivity contribution in [2.24, 2.45) is 0 Å². The third-order valence-corrected chi connectivity index (χ3v) is 6.17. The molecule has 1 atom stereocenters. The van der Waals surface area contributed by atoms with Crippen molar-refractivity contribution in [1.82, 2.24) is 10.2 Å². The number of hydrogen-bond donors (Lipinski definition) is 1. The van der Waals surface area contributed by atoms with Gasteiger partial charge in [-0.05, 0) is 58.1 Å². The lowest BCUT2D eigenvalue weighted by atomic mass is 9.97. The van der Waals surface area contributed by atoms with Crippen molar-refractivity contribution in [1.29, 1.82) is 0 Å². The average Bonchev–Trinajstić information content (AvgIpc) is 3.22. The Morgan fingerprint density at radius 1 is 1.21 bits per heavy atom. The highest BCUT2D eigenvalue weighted by Crippen LogP contribution is 2.29. The van der Waals surface area contributed by atoms with Gasteiger partial charge < -0.3 is 5.32 Å². The predicted octanol–water partition coefficient (Wildman–Crippen LogP) is 5.07. The van der Waals surface area contributed by atoms with Gasteiger partial charge >= 0.3 is 0 Å². The van der Waals surface area contributed by atoms with Gasteiger partial charge in [0, 0.05) is 19.6 Å². The summed E-state index contributed by atoms with van der Waals surface area (Å²) in [6.45, 7) is 2.25. The Hall–Kier alpha value is -2.21. The number of carbonyl (C=O) groups is 1. The minimum atomic E-state index is -0.454. The quantitative estimate of drug-likeness (QED) is 0.632. The van der Waals surface area contributed by atoms with E-state index in [9.17, 15) is 9.18 Å². The smallest absolute Gasteiger partial charge is 0.252 e. The van der Waals surface area contributed by atoms with Gasteiger partial charge in [0.2, 0.25) is 0 Å². The van der Waals surface area contributed by atoms with Gasteiger partial charge in [-0.1, -0.05) is 35.9 Å². The molecule has 144 valence electrons. The van der Waals surface area contributed by atoms with Crippen LogP contribution in [0, 0.1) is 5.82 Å². The van der Waals surface area contributed by atoms with Gasteiger partial charge in [0.25, 0.3) is 5.91 Å². The second-order valence-electron chi connectivity index (χ2n) is 6.90. The fourth-order valence-corrected chi connectivity index (χ4v) is 4.62. The number of nitrogens with zero attached hydrogens (tertiary/aromatic N) is 1. The maximum Gasteiger partial charge on any atom is 0.252 e. The van der Waals surface area contributed by atoms with E-state index in [0.717, 1.165) is 25.6 Å². The zero-order chi connectivity index (χ0) is 19.5. The number of thiophene rings is 1. The molecule has 2 heterocycles. The van der Waals surface area contributed by atoms with Crippen LogP contribution < -0.4 is 5.32 Å². The predicted molar refractivity (Wildman–Crippen MR) is 111 cm³/mol. The zero-order valence-corrected chi connectivity index (χ0v) is 16.8. The van der Waals surface area contributed by atoms with Crippen LogP contribution in [0.5, 0.6) is 0 Å². The van der Waals surface area contributed by atoms with E-state index < -0.39 is 5.82 Å². The van der Waals surface area contributed by atoms with Gasteiger partial charge in [-0.25, -0.2) is 4.39 Å². The van der Waals surface area contributed by atoms with Crippen LogP contribution in [0.1, 0.15) is 33.1 Å². The molecule has 1 N–H and O–H groups in total. The van der Waals surface area contributed by atoms with E-state index in [1.165, 1.54) is 28.8 Å². The number of carbonyl (C=O) groups excluding carboxylic acids is 1. The van der Waals surface area contributed by atoms with E-state index in [2.05, 4.69) is 51.3 Å². The Balaban J connectivity index is 1.51. The van der Waals surface area contributed by atoms with E-state index in [1.807, 2.05) is 0 Å². The van der Waals surface area contributed by atoms with Gasteiger partial charge in [0.15, 0.2) is 0 Å². The number of amides is 1. The number of benzene rings is 2. The monoisotopic (exact) mass is 414 g/mol. The molecule has 0 radical (unpaired) electrons. The summed E-state index contributed by atoms with van der Waals surface area (Å²) in [7, 11) is 0. The van der Waals surface area contributed by atoms with Gasteiger partial charge in [0.1, 0.15) is 5.82 Å². The van der Waals surface area contributed by atoms with Crippen LogP contribution in [0.4, 0.5) is 4.39 Å². The third kappa shape index (κ3) is 4.12. The van der Waals surface area contributed by atoms with Crippen molar-refractivity contribution in [3.8, 4) is 0 Å². The lowest BCUT2D eigenvalue weighted by Crippen LogP contribution is -2.40. The van der Waals surface area contributed by atoms with Crippen LogP contribution in [0.3, 0.4) is 0 Å². The fourth-order valence-electron chi connectivity index (χ4n) is 3.66. The molecule has 0 aliphatic carbocycles. The van der Waals surface area contributed by atoms with Gasteiger partial charge in [-0.15, -0.1) is 0 Å². The number of hydrogen-bond acceptors (Lipinski definition) is 3. The van der Waals surface area contributed by atoms with Crippen LogP contribution in [0.15, 0.2) is 59.3 Å². The van der Waals surface area contributed by atoms with Crippen molar-refractivity contribution in [2.75, 3.05) is 13.1 Å². The first-order valence-corrected chi connectivity index (χ1v) is 10.5. The summed E-state index contributed by atoms with van der Waals surface area (Å²) >= 11 is 7.68. The molecule has 0 fully saturated rings. The van der Waals surface area contributed by atoms with Crippen molar-refractivity contribution >= 4 is 28.8 Å². The fraction of sp³-hybridized carbons (Fsp3) is 0.227. The molecule has 1 amide bonds. The molecule has 0 bridgehead atoms. The van der Waals surface area contributed by atoms with Gasteiger partial charge in [-0.2, -0.15) is 11.3 Å². The molecule has 6 heteroatoms. The van der Waals surface area contributed by atoms with Gasteiger partial charge in [0.05, 0.1) is 16.6 Å². The summed E-state index contributed by atoms with van der Waals surface area (Å²) in [5.41, 5.74) is 4.21. The van der Waals surface area contributed by atoms with Crippen LogP contribution in [-0.2, 0) is 13.0 Å². The Labute approximate surface area is 172 Å². The normalized spacial score (nSPS) is 15.1. The molecule has 0 saturated carbocycles. The topological polar surface area (TPSA) is 32.3 Å². The Morgan fingerprint density at radius 2 is 2.04 bits per heavy atom. The first kappa shape index (κ1) is 19.1. The van der Waals surface area contributed by atoms with E-state index >= 15 is 0 Å². The van der Waals surface area contributed by atoms with E-state index in [-0.39, 0.29) is 22.5 Å². The molecule has 28 heavy (non-hydrogen) atoms. The summed E-state index contributed by atoms with van der Waals surface area (Å²) < 4.78 is 13.3. The Kier molecular flexibility index (Phi) is 5.76. The maximum absolute atomic E-state index is 13.3. The lowest BCUT2D eigenvalue weighted by Gasteiger charge is -2.35. The first-order chi connectivity index (χ1) is 13.6. The number of fused-ring (bicyclic) bond motifs is 1. The average molecular weight is 415 g/mol. The van der Waals surface area contributed by atoms with Crippen molar-refractivity contribution in [3.05, 3.63) is 92.4 Å². The molecule has 1 aromatic heterocycles. The van der Waals surface area contributed by atoms with Crippen LogP contribution >= 0.6 is 22.9 Å². The molecular weight excluding hydrogens is 395 g/mol. The summed E-state index contributed by atoms with van der Waals surface area (Å²) in [6, 6.07) is 14.5. The van der Waals surface area contributed by atoms with E-state index in [1.54, 1.807) is 11.3 Å². The maximum atomic E-state index is 13.3. The number of rotatable bonds is 5. The molecule has 1 aliphatic heterocycles. The van der Waals surface area contributed by atoms with Crippen LogP contribution in [0.2, 0.25) is 5.02 Å². The highest BCUT2D eigenvalue weighted by atomic mass is 35.5. The highest BCUT2D eigenvalue weighted by molar-refractivity contribution is 7.08. The van der Waals surface area contributed by atoms with Crippen molar-refractivity contribution < 1.29 is 9.18 Å². The molecule has 3 aromatic rings. The van der Waals surface area contributed by atoms with E-state index in [0.29, 0.717) is 6.54 Å². The summed E-state index contributed by atoms with van der Waals surface area (Å²) in [5.74, 6) is -0.743. The highest BCUT2D eigenvalue weighted by Gasteiger charge is 2.26. The molecule has 3 nitrogen and oxygen atoms in total. The molecule has 0 saturated heterocycles. The standard InChI is InChI=1S/C22H20ClFN2OS/c23-20-11-18(24)5-6-19(20)22(27)25-12-21(17-8-10-28-14-17)26-9-7-15-3-1-2-4-16(15)13-26/h1-6,8,10-11,14,21H,7,9,12-13H2,(H,25,27). The number of halogens is 2. The Morgan fingerprint density at radius 3 is 2.79 bits per heavy atom. The van der Waals surface area contributed by atoms with Crippen molar-refractivity contribution in [3.63, 3.8) is 0 Å². The summed E-state index contributed by atoms with van der Waals surface area (Å²) in [6.07, 6.45) is 0.995. The molecular formula is C22H20ClFN2OS. The molecule has 2 aromatic carbocycles. The minimum Gasteiger partial charge on any atom is -0.350 e. The lowest BCUT2D eigenvalue weighted by molar-refractivity contribution is 0.0928.